The molecular formula is C19H22N2O2. The Morgan fingerprint density at radius 3 is 2.70 bits per heavy atom. The van der Waals surface area contributed by atoms with Crippen molar-refractivity contribution in [1.82, 2.24) is 4.90 Å². The van der Waals surface area contributed by atoms with Crippen LogP contribution in [0.3, 0.4) is 0 Å². The van der Waals surface area contributed by atoms with Gasteiger partial charge in [-0.25, -0.2) is 0 Å². The Labute approximate surface area is 136 Å². The molecule has 0 bridgehead atoms. The van der Waals surface area contributed by atoms with Crippen molar-refractivity contribution >= 4 is 5.91 Å². The van der Waals surface area contributed by atoms with Gasteiger partial charge >= 0.3 is 0 Å². The summed E-state index contributed by atoms with van der Waals surface area (Å²) in [6.45, 7) is 2.18. The topological polar surface area (TPSA) is 55.6 Å². The van der Waals surface area contributed by atoms with E-state index < -0.39 is 0 Å². The highest BCUT2D eigenvalue weighted by molar-refractivity contribution is 5.96. The Bertz CT molecular complexity index is 685. The molecule has 0 aromatic heterocycles. The maximum absolute atomic E-state index is 12.7. The summed E-state index contributed by atoms with van der Waals surface area (Å²) in [6, 6.07) is 15.6. The van der Waals surface area contributed by atoms with Crippen molar-refractivity contribution < 1.29 is 9.53 Å². The molecule has 0 saturated carbocycles. The van der Waals surface area contributed by atoms with E-state index in [0.717, 1.165) is 36.4 Å². The van der Waals surface area contributed by atoms with Crippen molar-refractivity contribution in [1.29, 1.82) is 0 Å². The number of amides is 1. The third-order valence-electron chi connectivity index (χ3n) is 4.44. The fourth-order valence-corrected chi connectivity index (χ4v) is 3.08. The van der Waals surface area contributed by atoms with E-state index in [1.54, 1.807) is 7.11 Å². The minimum atomic E-state index is 0.0702. The van der Waals surface area contributed by atoms with Crippen molar-refractivity contribution in [2.45, 2.75) is 6.42 Å². The van der Waals surface area contributed by atoms with E-state index in [4.69, 9.17) is 10.5 Å². The van der Waals surface area contributed by atoms with Crippen molar-refractivity contribution in [2.24, 2.45) is 11.7 Å². The first kappa shape index (κ1) is 15.6. The van der Waals surface area contributed by atoms with Crippen LogP contribution in [0.1, 0.15) is 16.8 Å². The van der Waals surface area contributed by atoms with Crippen LogP contribution in [0, 0.1) is 5.92 Å². The molecule has 4 nitrogen and oxygen atoms in total. The van der Waals surface area contributed by atoms with Crippen LogP contribution < -0.4 is 10.5 Å². The number of nitrogens with zero attached hydrogens (tertiary/aromatic N) is 1. The Balaban J connectivity index is 1.91. The molecule has 0 aliphatic carbocycles. The van der Waals surface area contributed by atoms with Crippen molar-refractivity contribution in [3.63, 3.8) is 0 Å². The molecule has 2 aromatic rings. The van der Waals surface area contributed by atoms with Crippen molar-refractivity contribution in [3.05, 3.63) is 54.1 Å². The van der Waals surface area contributed by atoms with Gasteiger partial charge in [-0.2, -0.15) is 0 Å². The fourth-order valence-electron chi connectivity index (χ4n) is 3.08. The van der Waals surface area contributed by atoms with Crippen LogP contribution in [0.5, 0.6) is 5.75 Å². The van der Waals surface area contributed by atoms with Gasteiger partial charge in [0, 0.05) is 24.2 Å². The van der Waals surface area contributed by atoms with Gasteiger partial charge in [-0.3, -0.25) is 4.79 Å². The summed E-state index contributed by atoms with van der Waals surface area (Å²) in [5.74, 6) is 1.26. The van der Waals surface area contributed by atoms with Gasteiger partial charge in [0.1, 0.15) is 5.75 Å². The predicted octanol–water partition coefficient (Wildman–Crippen LogP) is 2.78. The van der Waals surface area contributed by atoms with Crippen molar-refractivity contribution in [3.8, 4) is 16.9 Å². The van der Waals surface area contributed by atoms with E-state index in [-0.39, 0.29) is 5.91 Å². The number of hydrogen-bond acceptors (Lipinski definition) is 3. The zero-order valence-electron chi connectivity index (χ0n) is 13.4. The second kappa shape index (κ2) is 6.84. The third-order valence-corrected chi connectivity index (χ3v) is 4.44. The Morgan fingerprint density at radius 2 is 2.04 bits per heavy atom. The molecule has 1 fully saturated rings. The molecule has 1 unspecified atom stereocenters. The van der Waals surface area contributed by atoms with E-state index in [1.165, 1.54) is 0 Å². The first-order valence-electron chi connectivity index (χ1n) is 7.95. The van der Waals surface area contributed by atoms with Crippen molar-refractivity contribution in [2.75, 3.05) is 26.7 Å². The molecule has 1 aliphatic heterocycles. The lowest BCUT2D eigenvalue weighted by atomic mass is 10.0. The lowest BCUT2D eigenvalue weighted by molar-refractivity contribution is 0.0787. The lowest BCUT2D eigenvalue weighted by Gasteiger charge is -2.18. The van der Waals surface area contributed by atoms with Gasteiger partial charge < -0.3 is 15.4 Å². The highest BCUT2D eigenvalue weighted by Gasteiger charge is 2.26. The van der Waals surface area contributed by atoms with E-state index in [2.05, 4.69) is 0 Å². The highest BCUT2D eigenvalue weighted by Crippen LogP contribution is 2.31. The average Bonchev–Trinajstić information content (AvgIpc) is 3.10. The molecule has 4 heteroatoms. The van der Waals surface area contributed by atoms with Gasteiger partial charge in [0.25, 0.3) is 5.91 Å². The van der Waals surface area contributed by atoms with Crippen LogP contribution in [0.25, 0.3) is 11.1 Å². The van der Waals surface area contributed by atoms with Crippen LogP contribution in [0.15, 0.2) is 48.5 Å². The minimum absolute atomic E-state index is 0.0702. The molecule has 0 spiro atoms. The molecule has 1 atom stereocenters. The van der Waals surface area contributed by atoms with E-state index >= 15 is 0 Å². The lowest BCUT2D eigenvalue weighted by Crippen LogP contribution is -2.29. The Hall–Kier alpha value is -2.33. The minimum Gasteiger partial charge on any atom is -0.496 e. The van der Waals surface area contributed by atoms with Gasteiger partial charge in [0.15, 0.2) is 0 Å². The normalized spacial score (nSPS) is 17.3. The highest BCUT2D eigenvalue weighted by atomic mass is 16.5. The van der Waals surface area contributed by atoms with E-state index in [9.17, 15) is 4.79 Å². The average molecular weight is 310 g/mol. The van der Waals surface area contributed by atoms with Crippen LogP contribution in [-0.2, 0) is 0 Å². The van der Waals surface area contributed by atoms with Crippen LogP contribution in [0.4, 0.5) is 0 Å². The molecule has 3 rings (SSSR count). The molecule has 23 heavy (non-hydrogen) atoms. The monoisotopic (exact) mass is 310 g/mol. The number of hydrogen-bond donors (Lipinski definition) is 1. The van der Waals surface area contributed by atoms with Gasteiger partial charge in [-0.05, 0) is 42.6 Å². The SMILES string of the molecule is COc1ccc(C(=O)N2CCC(CN)C2)cc1-c1ccccc1. The summed E-state index contributed by atoms with van der Waals surface area (Å²) in [6.07, 6.45) is 0.990. The Kier molecular flexibility index (Phi) is 4.63. The molecule has 120 valence electrons. The zero-order chi connectivity index (χ0) is 16.2. The maximum Gasteiger partial charge on any atom is 0.253 e. The molecule has 1 heterocycles. The molecular weight excluding hydrogens is 288 g/mol. The number of carbonyl (C=O) groups is 1. The zero-order valence-corrected chi connectivity index (χ0v) is 13.4. The quantitative estimate of drug-likeness (QED) is 0.945. The third kappa shape index (κ3) is 3.22. The second-order valence-corrected chi connectivity index (χ2v) is 5.92. The summed E-state index contributed by atoms with van der Waals surface area (Å²) in [7, 11) is 1.65. The Morgan fingerprint density at radius 1 is 1.26 bits per heavy atom. The summed E-state index contributed by atoms with van der Waals surface area (Å²) < 4.78 is 5.45. The summed E-state index contributed by atoms with van der Waals surface area (Å²) in [5, 5.41) is 0. The summed E-state index contributed by atoms with van der Waals surface area (Å²) in [4.78, 5) is 14.6. The number of likely N-dealkylation sites (tertiary alicyclic amines) is 1. The number of benzene rings is 2. The van der Waals surface area contributed by atoms with E-state index in [1.807, 2.05) is 53.4 Å². The second-order valence-electron chi connectivity index (χ2n) is 5.92. The number of ether oxygens (including phenoxy) is 1. The first-order valence-corrected chi connectivity index (χ1v) is 7.95. The van der Waals surface area contributed by atoms with Gasteiger partial charge in [-0.1, -0.05) is 30.3 Å². The molecule has 1 saturated heterocycles. The molecule has 2 N–H and O–H groups in total. The molecule has 1 aliphatic rings. The molecule has 0 radical (unpaired) electrons. The van der Waals surface area contributed by atoms with Gasteiger partial charge in [0.2, 0.25) is 0 Å². The van der Waals surface area contributed by atoms with E-state index in [0.29, 0.717) is 18.0 Å². The number of methoxy groups -OCH3 is 1. The van der Waals surface area contributed by atoms with Gasteiger partial charge in [-0.15, -0.1) is 0 Å². The summed E-state index contributed by atoms with van der Waals surface area (Å²) in [5.41, 5.74) is 8.40. The van der Waals surface area contributed by atoms with Gasteiger partial charge in [0.05, 0.1) is 7.11 Å². The smallest absolute Gasteiger partial charge is 0.253 e. The maximum atomic E-state index is 12.7. The number of carbonyl (C=O) groups excluding carboxylic acids is 1. The van der Waals surface area contributed by atoms with Crippen LogP contribution >= 0.6 is 0 Å². The first-order chi connectivity index (χ1) is 11.2. The van der Waals surface area contributed by atoms with Crippen LogP contribution in [-0.4, -0.2) is 37.6 Å². The van der Waals surface area contributed by atoms with Crippen LogP contribution in [0.2, 0.25) is 0 Å². The fraction of sp³-hybridized carbons (Fsp3) is 0.316. The molecule has 1 amide bonds. The number of nitrogens with two attached hydrogens (primary N) is 1. The predicted molar refractivity (Wildman–Crippen MR) is 91.5 cm³/mol. The standard InChI is InChI=1S/C19H22N2O2/c1-23-18-8-7-16(11-17(18)15-5-3-2-4-6-15)19(22)21-10-9-14(12-20)13-21/h2-8,11,14H,9-10,12-13,20H2,1H3. The molecule has 2 aromatic carbocycles. The number of rotatable bonds is 4. The largest absolute Gasteiger partial charge is 0.496 e. The summed E-state index contributed by atoms with van der Waals surface area (Å²) >= 11 is 0.